The normalized spacial score (nSPS) is 11.0. The molecule has 2 aromatic rings. The topological polar surface area (TPSA) is 79.3 Å². The third kappa shape index (κ3) is 4.12. The molecule has 21 heavy (non-hydrogen) atoms. The van der Waals surface area contributed by atoms with Crippen molar-refractivity contribution in [2.24, 2.45) is 0 Å². The molecular weight excluding hydrogens is 308 g/mol. The maximum atomic E-state index is 12.3. The molecule has 1 aromatic heterocycles. The van der Waals surface area contributed by atoms with E-state index >= 15 is 0 Å². The van der Waals surface area contributed by atoms with Crippen LogP contribution in [-0.4, -0.2) is 25.1 Å². The van der Waals surface area contributed by atoms with Gasteiger partial charge in [0.1, 0.15) is 6.61 Å². The van der Waals surface area contributed by atoms with Gasteiger partial charge in [-0.15, -0.1) is 11.3 Å². The molecule has 0 unspecified atom stereocenters. The molecule has 0 fully saturated rings. The molecule has 2 rings (SSSR count). The van der Waals surface area contributed by atoms with Crippen LogP contribution >= 0.6 is 11.3 Å². The number of sulfonamides is 1. The smallest absolute Gasteiger partial charge is 0.242 e. The predicted octanol–water partition coefficient (Wildman–Crippen LogP) is 1.27. The second-order valence-electron chi connectivity index (χ2n) is 4.13. The maximum absolute atomic E-state index is 12.3. The van der Waals surface area contributed by atoms with Crippen LogP contribution in [0.2, 0.25) is 0 Å². The lowest BCUT2D eigenvalue weighted by molar-refractivity contribution is 0.350. The third-order valence-electron chi connectivity index (χ3n) is 2.58. The standard InChI is InChI=1S/C14H14N2O3S2/c1-11-15-9-13(20-11)10-16-21(18,19)14-7-3-2-5-12(14)6-4-8-17/h2-3,5,7,9,16-17H,8,10H2,1H3. The lowest BCUT2D eigenvalue weighted by atomic mass is 10.2. The molecule has 5 nitrogen and oxygen atoms in total. The van der Waals surface area contributed by atoms with Gasteiger partial charge < -0.3 is 5.11 Å². The monoisotopic (exact) mass is 322 g/mol. The zero-order valence-electron chi connectivity index (χ0n) is 11.3. The van der Waals surface area contributed by atoms with E-state index in [0.717, 1.165) is 9.88 Å². The van der Waals surface area contributed by atoms with Gasteiger partial charge in [-0.2, -0.15) is 0 Å². The van der Waals surface area contributed by atoms with Crippen LogP contribution in [0, 0.1) is 18.8 Å². The van der Waals surface area contributed by atoms with E-state index in [1.807, 2.05) is 6.92 Å². The highest BCUT2D eigenvalue weighted by Crippen LogP contribution is 2.16. The van der Waals surface area contributed by atoms with E-state index in [1.165, 1.54) is 17.4 Å². The molecule has 7 heteroatoms. The molecular formula is C14H14N2O3S2. The van der Waals surface area contributed by atoms with Crippen molar-refractivity contribution >= 4 is 21.4 Å². The van der Waals surface area contributed by atoms with Crippen LogP contribution in [0.5, 0.6) is 0 Å². The van der Waals surface area contributed by atoms with Crippen LogP contribution in [0.15, 0.2) is 35.4 Å². The van der Waals surface area contributed by atoms with Gasteiger partial charge in [0.2, 0.25) is 10.0 Å². The molecule has 2 N–H and O–H groups in total. The highest BCUT2D eigenvalue weighted by atomic mass is 32.2. The summed E-state index contributed by atoms with van der Waals surface area (Å²) >= 11 is 1.44. The Bertz CT molecular complexity index is 786. The van der Waals surface area contributed by atoms with Crippen LogP contribution in [0.25, 0.3) is 0 Å². The van der Waals surface area contributed by atoms with Crippen LogP contribution < -0.4 is 4.72 Å². The summed E-state index contributed by atoms with van der Waals surface area (Å²) < 4.78 is 27.2. The van der Waals surface area contributed by atoms with E-state index in [4.69, 9.17) is 5.11 Å². The molecule has 0 amide bonds. The lowest BCUT2D eigenvalue weighted by Gasteiger charge is -2.07. The average molecular weight is 322 g/mol. The van der Waals surface area contributed by atoms with Gasteiger partial charge in [-0.25, -0.2) is 18.1 Å². The first-order valence-corrected chi connectivity index (χ1v) is 8.42. The Morgan fingerprint density at radius 3 is 2.81 bits per heavy atom. The molecule has 0 spiro atoms. The zero-order valence-corrected chi connectivity index (χ0v) is 13.0. The predicted molar refractivity (Wildman–Crippen MR) is 81.3 cm³/mol. The number of benzene rings is 1. The fourth-order valence-electron chi connectivity index (χ4n) is 1.67. The number of aliphatic hydroxyl groups is 1. The molecule has 0 radical (unpaired) electrons. The third-order valence-corrected chi connectivity index (χ3v) is 4.96. The number of aliphatic hydroxyl groups excluding tert-OH is 1. The molecule has 0 atom stereocenters. The second-order valence-corrected chi connectivity index (χ2v) is 7.18. The number of hydrogen-bond donors (Lipinski definition) is 2. The summed E-state index contributed by atoms with van der Waals surface area (Å²) in [5.74, 6) is 5.10. The first kappa shape index (κ1) is 15.7. The highest BCUT2D eigenvalue weighted by Gasteiger charge is 2.17. The lowest BCUT2D eigenvalue weighted by Crippen LogP contribution is -2.23. The molecule has 110 valence electrons. The maximum Gasteiger partial charge on any atom is 0.242 e. The zero-order chi connectivity index (χ0) is 15.3. The Kier molecular flexibility index (Phi) is 5.09. The summed E-state index contributed by atoms with van der Waals surface area (Å²) in [6.07, 6.45) is 1.65. The Hall–Kier alpha value is -1.72. The van der Waals surface area contributed by atoms with E-state index in [2.05, 4.69) is 21.5 Å². The van der Waals surface area contributed by atoms with Crippen molar-refractivity contribution in [3.8, 4) is 11.8 Å². The van der Waals surface area contributed by atoms with Crippen molar-refractivity contribution in [2.75, 3.05) is 6.61 Å². The van der Waals surface area contributed by atoms with Gasteiger partial charge in [-0.3, -0.25) is 0 Å². The number of aryl methyl sites for hydroxylation is 1. The van der Waals surface area contributed by atoms with Crippen LogP contribution in [0.3, 0.4) is 0 Å². The fourth-order valence-corrected chi connectivity index (χ4v) is 3.66. The number of hydrogen-bond acceptors (Lipinski definition) is 5. The van der Waals surface area contributed by atoms with E-state index in [9.17, 15) is 8.42 Å². The van der Waals surface area contributed by atoms with E-state index in [-0.39, 0.29) is 18.0 Å². The molecule has 0 aliphatic heterocycles. The second kappa shape index (κ2) is 6.83. The molecule has 0 saturated carbocycles. The summed E-state index contributed by atoms with van der Waals surface area (Å²) in [4.78, 5) is 5.03. The largest absolute Gasteiger partial charge is 0.384 e. The van der Waals surface area contributed by atoms with Gasteiger partial charge >= 0.3 is 0 Å². The molecule has 0 aliphatic carbocycles. The number of nitrogens with one attached hydrogen (secondary N) is 1. The minimum Gasteiger partial charge on any atom is -0.384 e. The number of nitrogens with zero attached hydrogens (tertiary/aromatic N) is 1. The minimum absolute atomic E-state index is 0.104. The van der Waals surface area contributed by atoms with Gasteiger partial charge in [0, 0.05) is 23.2 Å². The summed E-state index contributed by atoms with van der Waals surface area (Å²) in [6.45, 7) is 1.74. The van der Waals surface area contributed by atoms with Crippen LogP contribution in [0.1, 0.15) is 15.4 Å². The van der Waals surface area contributed by atoms with Gasteiger partial charge in [0.25, 0.3) is 0 Å². The number of rotatable bonds is 4. The van der Waals surface area contributed by atoms with Crippen LogP contribution in [0.4, 0.5) is 0 Å². The van der Waals surface area contributed by atoms with Crippen molar-refractivity contribution in [2.45, 2.75) is 18.4 Å². The van der Waals surface area contributed by atoms with E-state index in [1.54, 1.807) is 24.4 Å². The van der Waals surface area contributed by atoms with Gasteiger partial charge in [-0.1, -0.05) is 24.0 Å². The van der Waals surface area contributed by atoms with Crippen molar-refractivity contribution in [1.29, 1.82) is 0 Å². The SMILES string of the molecule is Cc1ncc(CNS(=O)(=O)c2ccccc2C#CCO)s1. The van der Waals surface area contributed by atoms with Gasteiger partial charge in [0.05, 0.1) is 9.90 Å². The van der Waals surface area contributed by atoms with Crippen molar-refractivity contribution < 1.29 is 13.5 Å². The highest BCUT2D eigenvalue weighted by molar-refractivity contribution is 7.89. The van der Waals surface area contributed by atoms with E-state index < -0.39 is 10.0 Å². The van der Waals surface area contributed by atoms with Crippen molar-refractivity contribution in [3.05, 3.63) is 45.9 Å². The van der Waals surface area contributed by atoms with Crippen LogP contribution in [-0.2, 0) is 16.6 Å². The van der Waals surface area contributed by atoms with Gasteiger partial charge in [-0.05, 0) is 19.1 Å². The fraction of sp³-hybridized carbons (Fsp3) is 0.214. The van der Waals surface area contributed by atoms with E-state index in [0.29, 0.717) is 5.56 Å². The quantitative estimate of drug-likeness (QED) is 0.831. The summed E-state index contributed by atoms with van der Waals surface area (Å²) in [5, 5.41) is 9.62. The molecule has 0 saturated heterocycles. The first-order valence-electron chi connectivity index (χ1n) is 6.12. The Morgan fingerprint density at radius 1 is 1.38 bits per heavy atom. The average Bonchev–Trinajstić information content (AvgIpc) is 2.89. The Morgan fingerprint density at radius 2 is 2.14 bits per heavy atom. The van der Waals surface area contributed by atoms with Crippen molar-refractivity contribution in [1.82, 2.24) is 9.71 Å². The number of aromatic nitrogens is 1. The first-order chi connectivity index (χ1) is 10.0. The minimum atomic E-state index is -3.67. The molecule has 0 aliphatic rings. The summed E-state index contributed by atoms with van der Waals surface area (Å²) in [6, 6.07) is 6.43. The van der Waals surface area contributed by atoms with Gasteiger partial charge in [0.15, 0.2) is 0 Å². The Labute approximate surface area is 127 Å². The molecule has 1 heterocycles. The molecule has 0 bridgehead atoms. The summed E-state index contributed by atoms with van der Waals surface area (Å²) in [7, 11) is -3.67. The number of thiazole rings is 1. The Balaban J connectivity index is 2.23. The molecule has 1 aromatic carbocycles. The summed E-state index contributed by atoms with van der Waals surface area (Å²) in [5.41, 5.74) is 0.361. The van der Waals surface area contributed by atoms with Crippen molar-refractivity contribution in [3.63, 3.8) is 0 Å².